The highest BCUT2D eigenvalue weighted by molar-refractivity contribution is 6.02. The topological polar surface area (TPSA) is 67.4 Å². The Morgan fingerprint density at radius 1 is 1.50 bits per heavy atom. The fraction of sp³-hybridized carbons (Fsp3) is 0.385. The minimum atomic E-state index is -0.130. The number of carbonyl (C=O) groups excluding carboxylic acids is 2. The van der Waals surface area contributed by atoms with Gasteiger partial charge in [-0.25, -0.2) is 0 Å². The van der Waals surface area contributed by atoms with Gasteiger partial charge in [-0.3, -0.25) is 9.59 Å². The number of ether oxygens (including phenoxy) is 1. The first-order valence-electron chi connectivity index (χ1n) is 5.90. The molecule has 0 bridgehead atoms. The molecule has 5 nitrogen and oxygen atoms in total. The minimum absolute atomic E-state index is 0.0253. The van der Waals surface area contributed by atoms with Crippen molar-refractivity contribution in [2.24, 2.45) is 0 Å². The van der Waals surface area contributed by atoms with Crippen molar-refractivity contribution in [3.05, 3.63) is 29.3 Å². The first-order chi connectivity index (χ1) is 8.70. The van der Waals surface area contributed by atoms with Gasteiger partial charge in [0, 0.05) is 31.5 Å². The van der Waals surface area contributed by atoms with E-state index >= 15 is 0 Å². The molecule has 0 atom stereocenters. The van der Waals surface area contributed by atoms with Gasteiger partial charge < -0.3 is 15.4 Å². The van der Waals surface area contributed by atoms with E-state index in [2.05, 4.69) is 10.6 Å². The zero-order valence-corrected chi connectivity index (χ0v) is 10.3. The Morgan fingerprint density at radius 3 is 3.11 bits per heavy atom. The van der Waals surface area contributed by atoms with Crippen molar-refractivity contribution in [2.75, 3.05) is 25.6 Å². The highest BCUT2D eigenvalue weighted by Gasteiger charge is 2.18. The normalized spacial score (nSPS) is 13.1. The molecule has 5 heteroatoms. The first-order valence-corrected chi connectivity index (χ1v) is 5.90. The van der Waals surface area contributed by atoms with Gasteiger partial charge in [0.15, 0.2) is 0 Å². The minimum Gasteiger partial charge on any atom is -0.385 e. The van der Waals surface area contributed by atoms with Crippen LogP contribution < -0.4 is 10.6 Å². The van der Waals surface area contributed by atoms with E-state index in [1.807, 2.05) is 6.07 Å². The Bertz CT molecular complexity index is 471. The standard InChI is InChI=1S/C13H16N2O3/c1-18-6-2-5-14-13(17)10-4-3-9-8-12(16)15-11(9)7-10/h3-4,7H,2,5-6,8H2,1H3,(H,14,17)(H,15,16). The monoisotopic (exact) mass is 248 g/mol. The number of rotatable bonds is 5. The fourth-order valence-corrected chi connectivity index (χ4v) is 1.88. The molecule has 0 saturated heterocycles. The van der Waals surface area contributed by atoms with Crippen LogP contribution in [0.4, 0.5) is 5.69 Å². The summed E-state index contributed by atoms with van der Waals surface area (Å²) in [4.78, 5) is 23.0. The van der Waals surface area contributed by atoms with E-state index in [-0.39, 0.29) is 11.8 Å². The molecule has 1 aromatic rings. The molecule has 18 heavy (non-hydrogen) atoms. The molecule has 2 N–H and O–H groups in total. The van der Waals surface area contributed by atoms with Crippen molar-refractivity contribution in [3.8, 4) is 0 Å². The summed E-state index contributed by atoms with van der Waals surface area (Å²) in [6, 6.07) is 5.27. The number of carbonyl (C=O) groups is 2. The highest BCUT2D eigenvalue weighted by Crippen LogP contribution is 2.23. The van der Waals surface area contributed by atoms with Crippen LogP contribution in [0.15, 0.2) is 18.2 Å². The summed E-state index contributed by atoms with van der Waals surface area (Å²) in [6.45, 7) is 1.21. The Morgan fingerprint density at radius 2 is 2.33 bits per heavy atom. The number of methoxy groups -OCH3 is 1. The van der Waals surface area contributed by atoms with Crippen molar-refractivity contribution >= 4 is 17.5 Å². The maximum atomic E-state index is 11.8. The van der Waals surface area contributed by atoms with E-state index in [0.29, 0.717) is 25.1 Å². The molecule has 1 aromatic carbocycles. The number of hydrogen-bond acceptors (Lipinski definition) is 3. The summed E-state index contributed by atoms with van der Waals surface area (Å²) in [6.07, 6.45) is 1.18. The number of fused-ring (bicyclic) bond motifs is 1. The number of hydrogen-bond donors (Lipinski definition) is 2. The van der Waals surface area contributed by atoms with E-state index in [9.17, 15) is 9.59 Å². The Labute approximate surface area is 106 Å². The van der Waals surface area contributed by atoms with Crippen LogP contribution in [0, 0.1) is 0 Å². The summed E-state index contributed by atoms with van der Waals surface area (Å²) in [5, 5.41) is 5.53. The average Bonchev–Trinajstić information content (AvgIpc) is 2.73. The molecule has 0 aliphatic carbocycles. The predicted molar refractivity (Wildman–Crippen MR) is 67.6 cm³/mol. The van der Waals surface area contributed by atoms with Crippen molar-refractivity contribution in [3.63, 3.8) is 0 Å². The molecular weight excluding hydrogens is 232 g/mol. The lowest BCUT2D eigenvalue weighted by Gasteiger charge is -2.06. The van der Waals surface area contributed by atoms with E-state index < -0.39 is 0 Å². The van der Waals surface area contributed by atoms with Crippen LogP contribution in [0.5, 0.6) is 0 Å². The quantitative estimate of drug-likeness (QED) is 0.762. The van der Waals surface area contributed by atoms with Crippen LogP contribution in [0.1, 0.15) is 22.3 Å². The maximum Gasteiger partial charge on any atom is 0.251 e. The molecule has 1 aliphatic rings. The van der Waals surface area contributed by atoms with Crippen molar-refractivity contribution in [1.29, 1.82) is 0 Å². The average molecular weight is 248 g/mol. The van der Waals surface area contributed by atoms with E-state index in [1.54, 1.807) is 19.2 Å². The van der Waals surface area contributed by atoms with E-state index in [1.165, 1.54) is 0 Å². The highest BCUT2D eigenvalue weighted by atomic mass is 16.5. The molecular formula is C13H16N2O3. The number of nitrogens with one attached hydrogen (secondary N) is 2. The number of amides is 2. The van der Waals surface area contributed by atoms with Crippen molar-refractivity contribution < 1.29 is 14.3 Å². The van der Waals surface area contributed by atoms with Crippen LogP contribution in [-0.4, -0.2) is 32.1 Å². The molecule has 96 valence electrons. The van der Waals surface area contributed by atoms with Gasteiger partial charge in [0.2, 0.25) is 5.91 Å². The second kappa shape index (κ2) is 5.64. The van der Waals surface area contributed by atoms with Crippen LogP contribution in [-0.2, 0) is 16.0 Å². The maximum absolute atomic E-state index is 11.8. The molecule has 0 fully saturated rings. The van der Waals surface area contributed by atoms with Gasteiger partial charge in [-0.1, -0.05) is 6.07 Å². The second-order valence-corrected chi connectivity index (χ2v) is 4.20. The zero-order valence-electron chi connectivity index (χ0n) is 10.3. The first kappa shape index (κ1) is 12.6. The van der Waals surface area contributed by atoms with Gasteiger partial charge in [0.05, 0.1) is 6.42 Å². The van der Waals surface area contributed by atoms with Crippen LogP contribution in [0.25, 0.3) is 0 Å². The SMILES string of the molecule is COCCCNC(=O)c1ccc2c(c1)NC(=O)C2. The lowest BCUT2D eigenvalue weighted by molar-refractivity contribution is -0.115. The molecule has 0 spiro atoms. The Hall–Kier alpha value is -1.88. The van der Waals surface area contributed by atoms with Crippen LogP contribution in [0.2, 0.25) is 0 Å². The fourth-order valence-electron chi connectivity index (χ4n) is 1.88. The van der Waals surface area contributed by atoms with E-state index in [0.717, 1.165) is 17.7 Å². The largest absolute Gasteiger partial charge is 0.385 e. The lowest BCUT2D eigenvalue weighted by Crippen LogP contribution is -2.25. The van der Waals surface area contributed by atoms with Gasteiger partial charge in [0.25, 0.3) is 5.91 Å². The molecule has 0 saturated carbocycles. The van der Waals surface area contributed by atoms with Crippen LogP contribution >= 0.6 is 0 Å². The molecule has 1 aliphatic heterocycles. The molecule has 0 aromatic heterocycles. The number of anilines is 1. The second-order valence-electron chi connectivity index (χ2n) is 4.20. The zero-order chi connectivity index (χ0) is 13.0. The third kappa shape index (κ3) is 2.87. The molecule has 2 amide bonds. The summed E-state index contributed by atoms with van der Waals surface area (Å²) >= 11 is 0. The van der Waals surface area contributed by atoms with Gasteiger partial charge in [-0.2, -0.15) is 0 Å². The molecule has 1 heterocycles. The Balaban J connectivity index is 1.95. The molecule has 2 rings (SSSR count). The van der Waals surface area contributed by atoms with Gasteiger partial charge in [-0.15, -0.1) is 0 Å². The molecule has 0 radical (unpaired) electrons. The predicted octanol–water partition coefficient (Wildman–Crippen LogP) is 0.947. The van der Waals surface area contributed by atoms with Gasteiger partial charge in [0.1, 0.15) is 0 Å². The van der Waals surface area contributed by atoms with E-state index in [4.69, 9.17) is 4.74 Å². The summed E-state index contributed by atoms with van der Waals surface area (Å²) < 4.78 is 4.90. The van der Waals surface area contributed by atoms with Gasteiger partial charge in [-0.05, 0) is 24.1 Å². The lowest BCUT2D eigenvalue weighted by atomic mass is 10.1. The smallest absolute Gasteiger partial charge is 0.251 e. The summed E-state index contributed by atoms with van der Waals surface area (Å²) in [5.41, 5.74) is 2.24. The summed E-state index contributed by atoms with van der Waals surface area (Å²) in [5.74, 6) is -0.155. The summed E-state index contributed by atoms with van der Waals surface area (Å²) in [7, 11) is 1.63. The van der Waals surface area contributed by atoms with Gasteiger partial charge >= 0.3 is 0 Å². The third-order valence-corrected chi connectivity index (χ3v) is 2.81. The molecule has 0 unspecified atom stereocenters. The third-order valence-electron chi connectivity index (χ3n) is 2.81. The van der Waals surface area contributed by atoms with Crippen LogP contribution in [0.3, 0.4) is 0 Å². The number of benzene rings is 1. The van der Waals surface area contributed by atoms with Crippen molar-refractivity contribution in [1.82, 2.24) is 5.32 Å². The van der Waals surface area contributed by atoms with Crippen molar-refractivity contribution in [2.45, 2.75) is 12.8 Å². The Kier molecular flexibility index (Phi) is 3.94.